The summed E-state index contributed by atoms with van der Waals surface area (Å²) < 4.78 is 0. The van der Waals surface area contributed by atoms with E-state index in [-0.39, 0.29) is 11.7 Å². The molecule has 1 N–H and O–H groups in total. The van der Waals surface area contributed by atoms with Gasteiger partial charge in [-0.05, 0) is 36.6 Å². The van der Waals surface area contributed by atoms with Gasteiger partial charge in [0.25, 0.3) is 0 Å². The topological polar surface area (TPSA) is 40.5 Å². The smallest absolute Gasteiger partial charge is 0.246 e. The molecule has 0 spiro atoms. The average molecular weight is 243 g/mol. The number of allylic oxidation sites excluding steroid dienone is 3. The van der Waals surface area contributed by atoms with E-state index < -0.39 is 0 Å². The van der Waals surface area contributed by atoms with Crippen LogP contribution in [0.2, 0.25) is 0 Å². The Kier molecular flexibility index (Phi) is 3.82. The largest absolute Gasteiger partial charge is 0.508 e. The minimum atomic E-state index is 0.0158. The highest BCUT2D eigenvalue weighted by Gasteiger charge is 2.19. The molecule has 0 atom stereocenters. The van der Waals surface area contributed by atoms with Crippen LogP contribution in [0.5, 0.6) is 5.75 Å². The Hall–Kier alpha value is -2.03. The summed E-state index contributed by atoms with van der Waals surface area (Å²) in [7, 11) is 0. The fraction of sp³-hybridized carbons (Fsp3) is 0.267. The quantitative estimate of drug-likeness (QED) is 0.640. The van der Waals surface area contributed by atoms with Crippen molar-refractivity contribution < 1.29 is 9.90 Å². The van der Waals surface area contributed by atoms with Crippen LogP contribution >= 0.6 is 0 Å². The lowest BCUT2D eigenvalue weighted by Gasteiger charge is -2.28. The van der Waals surface area contributed by atoms with Crippen molar-refractivity contribution in [2.75, 3.05) is 6.54 Å². The number of nitrogens with zero attached hydrogens (tertiary/aromatic N) is 1. The van der Waals surface area contributed by atoms with E-state index in [1.807, 2.05) is 25.1 Å². The van der Waals surface area contributed by atoms with Gasteiger partial charge in [0.1, 0.15) is 5.75 Å². The fourth-order valence-electron chi connectivity index (χ4n) is 2.09. The molecule has 3 nitrogen and oxygen atoms in total. The van der Waals surface area contributed by atoms with Crippen molar-refractivity contribution in [2.24, 2.45) is 0 Å². The molecule has 1 aliphatic heterocycles. The molecule has 3 heteroatoms. The number of aromatic hydroxyl groups is 1. The molecule has 1 amide bonds. The van der Waals surface area contributed by atoms with Crippen LogP contribution in [0.3, 0.4) is 0 Å². The number of amides is 1. The van der Waals surface area contributed by atoms with Gasteiger partial charge in [-0.25, -0.2) is 0 Å². The molecule has 0 radical (unpaired) electrons. The molecule has 0 aliphatic carbocycles. The molecule has 1 aliphatic rings. The summed E-state index contributed by atoms with van der Waals surface area (Å²) in [6.07, 6.45) is 7.89. The first kappa shape index (κ1) is 12.4. The van der Waals surface area contributed by atoms with Crippen LogP contribution in [0.1, 0.15) is 18.1 Å². The molecule has 0 aromatic heterocycles. The molecule has 94 valence electrons. The van der Waals surface area contributed by atoms with Crippen molar-refractivity contribution in [3.8, 4) is 5.75 Å². The van der Waals surface area contributed by atoms with Crippen molar-refractivity contribution in [3.63, 3.8) is 0 Å². The van der Waals surface area contributed by atoms with E-state index in [2.05, 4.69) is 0 Å². The van der Waals surface area contributed by atoms with E-state index in [0.717, 1.165) is 18.5 Å². The molecule has 2 rings (SSSR count). The fourth-order valence-corrected chi connectivity index (χ4v) is 2.09. The maximum atomic E-state index is 11.9. The second-order valence-corrected chi connectivity index (χ2v) is 4.35. The highest BCUT2D eigenvalue weighted by Crippen LogP contribution is 2.23. The van der Waals surface area contributed by atoms with Crippen molar-refractivity contribution in [1.29, 1.82) is 0 Å². The SMILES string of the molecule is CC=CC=CC(=O)N1CCc2ccc(O)cc2C1. The first-order valence-electron chi connectivity index (χ1n) is 6.09. The minimum Gasteiger partial charge on any atom is -0.508 e. The lowest BCUT2D eigenvalue weighted by Crippen LogP contribution is -2.34. The Morgan fingerprint density at radius 2 is 2.17 bits per heavy atom. The number of benzene rings is 1. The van der Waals surface area contributed by atoms with Crippen LogP contribution < -0.4 is 0 Å². The number of hydrogen-bond acceptors (Lipinski definition) is 2. The van der Waals surface area contributed by atoms with E-state index in [0.29, 0.717) is 6.54 Å². The monoisotopic (exact) mass is 243 g/mol. The van der Waals surface area contributed by atoms with E-state index in [9.17, 15) is 9.90 Å². The summed E-state index contributed by atoms with van der Waals surface area (Å²) in [6, 6.07) is 5.37. The number of fused-ring (bicyclic) bond motifs is 1. The van der Waals surface area contributed by atoms with E-state index in [1.165, 1.54) is 5.56 Å². The Morgan fingerprint density at radius 3 is 2.94 bits per heavy atom. The second kappa shape index (κ2) is 5.54. The highest BCUT2D eigenvalue weighted by molar-refractivity contribution is 5.88. The molecule has 1 aromatic carbocycles. The molecule has 0 unspecified atom stereocenters. The van der Waals surface area contributed by atoms with Gasteiger partial charge in [0, 0.05) is 19.2 Å². The van der Waals surface area contributed by atoms with Crippen molar-refractivity contribution in [3.05, 3.63) is 53.6 Å². The predicted octanol–water partition coefficient (Wildman–Crippen LogP) is 2.41. The van der Waals surface area contributed by atoms with Crippen molar-refractivity contribution in [2.45, 2.75) is 19.9 Å². The van der Waals surface area contributed by atoms with Gasteiger partial charge in [0.2, 0.25) is 5.91 Å². The number of phenols is 1. The summed E-state index contributed by atoms with van der Waals surface area (Å²) >= 11 is 0. The summed E-state index contributed by atoms with van der Waals surface area (Å²) in [4.78, 5) is 13.7. The molecular weight excluding hydrogens is 226 g/mol. The minimum absolute atomic E-state index is 0.0158. The van der Waals surface area contributed by atoms with Gasteiger partial charge in [-0.2, -0.15) is 0 Å². The number of phenolic OH excluding ortho intramolecular Hbond substituents is 1. The van der Waals surface area contributed by atoms with Crippen LogP contribution in [-0.4, -0.2) is 22.5 Å². The number of carbonyl (C=O) groups is 1. The summed E-state index contributed by atoms with van der Waals surface area (Å²) in [5, 5.41) is 9.46. The third-order valence-corrected chi connectivity index (χ3v) is 3.06. The first-order valence-corrected chi connectivity index (χ1v) is 6.09. The maximum absolute atomic E-state index is 11.9. The van der Waals surface area contributed by atoms with Crippen LogP contribution in [0.15, 0.2) is 42.5 Å². The van der Waals surface area contributed by atoms with Crippen LogP contribution in [0.25, 0.3) is 0 Å². The molecule has 0 fully saturated rings. The normalized spacial score (nSPS) is 15.3. The second-order valence-electron chi connectivity index (χ2n) is 4.35. The van der Waals surface area contributed by atoms with Gasteiger partial charge in [0.15, 0.2) is 0 Å². The van der Waals surface area contributed by atoms with Gasteiger partial charge >= 0.3 is 0 Å². The number of hydrogen-bond donors (Lipinski definition) is 1. The van der Waals surface area contributed by atoms with Crippen LogP contribution in [-0.2, 0) is 17.8 Å². The molecule has 1 aromatic rings. The predicted molar refractivity (Wildman–Crippen MR) is 71.2 cm³/mol. The summed E-state index contributed by atoms with van der Waals surface area (Å²) in [5.74, 6) is 0.273. The standard InChI is InChI=1S/C15H17NO2/c1-2-3-4-5-15(18)16-9-8-12-6-7-14(17)10-13(12)11-16/h2-7,10,17H,8-9,11H2,1H3. The zero-order chi connectivity index (χ0) is 13.0. The Bertz CT molecular complexity index is 503. The van der Waals surface area contributed by atoms with E-state index in [4.69, 9.17) is 0 Å². The molecular formula is C15H17NO2. The molecule has 0 bridgehead atoms. The zero-order valence-corrected chi connectivity index (χ0v) is 10.5. The van der Waals surface area contributed by atoms with E-state index >= 15 is 0 Å². The number of rotatable bonds is 2. The third kappa shape index (κ3) is 2.80. The van der Waals surface area contributed by atoms with Crippen molar-refractivity contribution >= 4 is 5.91 Å². The molecule has 1 heterocycles. The van der Waals surface area contributed by atoms with Crippen molar-refractivity contribution in [1.82, 2.24) is 4.90 Å². The molecule has 18 heavy (non-hydrogen) atoms. The van der Waals surface area contributed by atoms with Gasteiger partial charge in [-0.1, -0.05) is 24.3 Å². The number of carbonyl (C=O) groups excluding carboxylic acids is 1. The molecule has 0 saturated heterocycles. The first-order chi connectivity index (χ1) is 8.70. The highest BCUT2D eigenvalue weighted by atomic mass is 16.3. The van der Waals surface area contributed by atoms with Gasteiger partial charge in [-0.15, -0.1) is 0 Å². The summed E-state index contributed by atoms with van der Waals surface area (Å²) in [5.41, 5.74) is 2.25. The van der Waals surface area contributed by atoms with Gasteiger partial charge in [-0.3, -0.25) is 4.79 Å². The van der Waals surface area contributed by atoms with E-state index in [1.54, 1.807) is 29.2 Å². The Balaban J connectivity index is 2.09. The lowest BCUT2D eigenvalue weighted by molar-refractivity contribution is -0.126. The average Bonchev–Trinajstić information content (AvgIpc) is 2.38. The lowest BCUT2D eigenvalue weighted by atomic mass is 9.99. The van der Waals surface area contributed by atoms with Gasteiger partial charge in [0.05, 0.1) is 0 Å². The van der Waals surface area contributed by atoms with Crippen LogP contribution in [0.4, 0.5) is 0 Å². The Labute approximate surface area is 107 Å². The molecule has 0 saturated carbocycles. The third-order valence-electron chi connectivity index (χ3n) is 3.06. The van der Waals surface area contributed by atoms with Crippen LogP contribution in [0, 0.1) is 0 Å². The Morgan fingerprint density at radius 1 is 1.33 bits per heavy atom. The zero-order valence-electron chi connectivity index (χ0n) is 10.5. The summed E-state index contributed by atoms with van der Waals surface area (Å²) in [6.45, 7) is 3.22. The maximum Gasteiger partial charge on any atom is 0.246 e. The van der Waals surface area contributed by atoms with Gasteiger partial charge < -0.3 is 10.0 Å².